The van der Waals surface area contributed by atoms with Crippen LogP contribution >= 0.6 is 11.3 Å². The number of guanidine groups is 1. The number of aliphatic hydroxyl groups is 1. The molecule has 0 amide bonds. The molecule has 6 heteroatoms. The first-order valence-electron chi connectivity index (χ1n) is 8.83. The second kappa shape index (κ2) is 9.23. The summed E-state index contributed by atoms with van der Waals surface area (Å²) in [4.78, 5) is 10.4. The highest BCUT2D eigenvalue weighted by molar-refractivity contribution is 7.11. The highest BCUT2D eigenvalue weighted by atomic mass is 32.1. The first kappa shape index (κ1) is 18.2. The molecule has 0 aromatic carbocycles. The lowest BCUT2D eigenvalue weighted by atomic mass is 9.85. The Kier molecular flexibility index (Phi) is 7.30. The summed E-state index contributed by atoms with van der Waals surface area (Å²) in [7, 11) is 0. The van der Waals surface area contributed by atoms with Crippen LogP contribution in [0.2, 0.25) is 0 Å². The average Bonchev–Trinajstić information content (AvgIpc) is 3.01. The van der Waals surface area contributed by atoms with Crippen molar-refractivity contribution in [3.63, 3.8) is 0 Å². The monoisotopic (exact) mass is 338 g/mol. The van der Waals surface area contributed by atoms with Crippen molar-refractivity contribution in [1.29, 1.82) is 0 Å². The summed E-state index contributed by atoms with van der Waals surface area (Å²) in [6.45, 7) is 6.32. The molecule has 0 saturated heterocycles. The SMILES string of the molecule is CCNC(=NCC1(O)CCCCC1)NCCc1ncc(CC)s1. The Morgan fingerprint density at radius 3 is 2.74 bits per heavy atom. The molecule has 0 unspecified atom stereocenters. The van der Waals surface area contributed by atoms with E-state index in [9.17, 15) is 5.11 Å². The molecule has 0 aliphatic heterocycles. The number of nitrogens with one attached hydrogen (secondary N) is 2. The zero-order valence-corrected chi connectivity index (χ0v) is 15.2. The summed E-state index contributed by atoms with van der Waals surface area (Å²) >= 11 is 1.78. The summed E-state index contributed by atoms with van der Waals surface area (Å²) in [6, 6.07) is 0. The Labute approximate surface area is 143 Å². The van der Waals surface area contributed by atoms with Crippen LogP contribution in [0.5, 0.6) is 0 Å². The maximum Gasteiger partial charge on any atom is 0.191 e. The Balaban J connectivity index is 1.81. The highest BCUT2D eigenvalue weighted by Gasteiger charge is 2.28. The Morgan fingerprint density at radius 2 is 2.09 bits per heavy atom. The van der Waals surface area contributed by atoms with Gasteiger partial charge in [0.2, 0.25) is 0 Å². The van der Waals surface area contributed by atoms with Gasteiger partial charge >= 0.3 is 0 Å². The van der Waals surface area contributed by atoms with Crippen molar-refractivity contribution in [3.05, 3.63) is 16.1 Å². The maximum atomic E-state index is 10.6. The largest absolute Gasteiger partial charge is 0.388 e. The quantitative estimate of drug-likeness (QED) is 0.528. The predicted octanol–water partition coefficient (Wildman–Crippen LogP) is 2.50. The lowest BCUT2D eigenvalue weighted by molar-refractivity contribution is 0.0131. The van der Waals surface area contributed by atoms with E-state index in [2.05, 4.69) is 34.5 Å². The number of aromatic nitrogens is 1. The van der Waals surface area contributed by atoms with Gasteiger partial charge < -0.3 is 15.7 Å². The first-order chi connectivity index (χ1) is 11.1. The van der Waals surface area contributed by atoms with Crippen LogP contribution < -0.4 is 10.6 Å². The Morgan fingerprint density at radius 1 is 1.30 bits per heavy atom. The van der Waals surface area contributed by atoms with Crippen LogP contribution in [0.4, 0.5) is 0 Å². The lowest BCUT2D eigenvalue weighted by Crippen LogP contribution is -2.41. The van der Waals surface area contributed by atoms with Gasteiger partial charge in [-0.05, 0) is 26.2 Å². The molecule has 1 saturated carbocycles. The zero-order chi connectivity index (χ0) is 16.5. The van der Waals surface area contributed by atoms with Gasteiger partial charge in [0.25, 0.3) is 0 Å². The zero-order valence-electron chi connectivity index (χ0n) is 14.4. The molecule has 0 spiro atoms. The van der Waals surface area contributed by atoms with Gasteiger partial charge in [0.05, 0.1) is 17.2 Å². The van der Waals surface area contributed by atoms with Crippen LogP contribution in [0, 0.1) is 0 Å². The summed E-state index contributed by atoms with van der Waals surface area (Å²) < 4.78 is 0. The van der Waals surface area contributed by atoms with Gasteiger partial charge in [-0.15, -0.1) is 11.3 Å². The number of nitrogens with zero attached hydrogens (tertiary/aromatic N) is 2. The van der Waals surface area contributed by atoms with E-state index in [-0.39, 0.29) is 0 Å². The molecule has 5 nitrogen and oxygen atoms in total. The van der Waals surface area contributed by atoms with Gasteiger partial charge in [-0.2, -0.15) is 0 Å². The van der Waals surface area contributed by atoms with E-state index >= 15 is 0 Å². The van der Waals surface area contributed by atoms with Gasteiger partial charge in [-0.1, -0.05) is 26.2 Å². The van der Waals surface area contributed by atoms with E-state index in [4.69, 9.17) is 0 Å². The fraction of sp³-hybridized carbons (Fsp3) is 0.765. The van der Waals surface area contributed by atoms with Crippen LogP contribution in [0.3, 0.4) is 0 Å². The molecule has 0 radical (unpaired) electrons. The molecule has 0 atom stereocenters. The van der Waals surface area contributed by atoms with E-state index in [1.807, 2.05) is 6.20 Å². The van der Waals surface area contributed by atoms with Crippen molar-refractivity contribution in [2.45, 2.75) is 64.4 Å². The number of aliphatic imine (C=N–C) groups is 1. The smallest absolute Gasteiger partial charge is 0.191 e. The van der Waals surface area contributed by atoms with E-state index in [1.54, 1.807) is 11.3 Å². The minimum Gasteiger partial charge on any atom is -0.388 e. The standard InChI is InChI=1S/C17H30N4OS/c1-3-14-12-20-15(23-14)8-11-19-16(18-4-2)21-13-17(22)9-6-5-7-10-17/h12,22H,3-11,13H2,1-2H3,(H2,18,19,21). The molecule has 1 heterocycles. The van der Waals surface area contributed by atoms with E-state index in [0.717, 1.165) is 62.6 Å². The summed E-state index contributed by atoms with van der Waals surface area (Å²) in [5.74, 6) is 0.791. The van der Waals surface area contributed by atoms with Crippen molar-refractivity contribution >= 4 is 17.3 Å². The van der Waals surface area contributed by atoms with Gasteiger partial charge in [-0.25, -0.2) is 4.98 Å². The number of hydrogen-bond acceptors (Lipinski definition) is 4. The third kappa shape index (κ3) is 6.11. The van der Waals surface area contributed by atoms with Gasteiger partial charge in [0, 0.05) is 30.6 Å². The second-order valence-electron chi connectivity index (χ2n) is 6.23. The van der Waals surface area contributed by atoms with Crippen molar-refractivity contribution in [1.82, 2.24) is 15.6 Å². The molecule has 130 valence electrons. The van der Waals surface area contributed by atoms with E-state index in [1.165, 1.54) is 11.3 Å². The van der Waals surface area contributed by atoms with Crippen LogP contribution in [0.1, 0.15) is 55.8 Å². The fourth-order valence-corrected chi connectivity index (χ4v) is 3.71. The Bertz CT molecular complexity index is 495. The molecule has 1 aliphatic carbocycles. The van der Waals surface area contributed by atoms with Gasteiger partial charge in [0.1, 0.15) is 0 Å². The number of aryl methyl sites for hydroxylation is 1. The molecule has 23 heavy (non-hydrogen) atoms. The molecule has 0 bridgehead atoms. The van der Waals surface area contributed by atoms with E-state index in [0.29, 0.717) is 6.54 Å². The number of thiazole rings is 1. The molecule has 1 aliphatic rings. The van der Waals surface area contributed by atoms with Crippen LogP contribution in [-0.2, 0) is 12.8 Å². The van der Waals surface area contributed by atoms with Crippen molar-refractivity contribution < 1.29 is 5.11 Å². The van der Waals surface area contributed by atoms with E-state index < -0.39 is 5.60 Å². The third-order valence-corrected chi connectivity index (χ3v) is 5.44. The van der Waals surface area contributed by atoms with Crippen LogP contribution in [0.25, 0.3) is 0 Å². The molecule has 1 aromatic rings. The van der Waals surface area contributed by atoms with Gasteiger partial charge in [-0.3, -0.25) is 4.99 Å². The molecular weight excluding hydrogens is 308 g/mol. The minimum atomic E-state index is -0.605. The average molecular weight is 339 g/mol. The fourth-order valence-electron chi connectivity index (χ4n) is 2.85. The van der Waals surface area contributed by atoms with Crippen LogP contribution in [-0.4, -0.2) is 41.3 Å². The van der Waals surface area contributed by atoms with Crippen molar-refractivity contribution in [3.8, 4) is 0 Å². The summed E-state index contributed by atoms with van der Waals surface area (Å²) in [5.41, 5.74) is -0.605. The predicted molar refractivity (Wildman–Crippen MR) is 97.2 cm³/mol. The third-order valence-electron chi connectivity index (χ3n) is 4.24. The topological polar surface area (TPSA) is 69.5 Å². The minimum absolute atomic E-state index is 0.486. The first-order valence-corrected chi connectivity index (χ1v) is 9.65. The molecule has 1 aromatic heterocycles. The normalized spacial score (nSPS) is 18.0. The summed E-state index contributed by atoms with van der Waals surface area (Å²) in [6.07, 6.45) is 9.12. The lowest BCUT2D eigenvalue weighted by Gasteiger charge is -2.30. The highest BCUT2D eigenvalue weighted by Crippen LogP contribution is 2.28. The molecule has 2 rings (SSSR count). The summed E-state index contributed by atoms with van der Waals surface area (Å²) in [5, 5.41) is 18.3. The Hall–Kier alpha value is -1.14. The maximum absolute atomic E-state index is 10.6. The second-order valence-corrected chi connectivity index (χ2v) is 7.43. The molecule has 3 N–H and O–H groups in total. The number of rotatable bonds is 7. The van der Waals surface area contributed by atoms with Crippen LogP contribution in [0.15, 0.2) is 11.2 Å². The van der Waals surface area contributed by atoms with Gasteiger partial charge in [0.15, 0.2) is 5.96 Å². The van der Waals surface area contributed by atoms with Crippen molar-refractivity contribution in [2.24, 2.45) is 4.99 Å². The molecule has 1 fully saturated rings. The molecular formula is C17H30N4OS. The van der Waals surface area contributed by atoms with Crippen molar-refractivity contribution in [2.75, 3.05) is 19.6 Å². The number of hydrogen-bond donors (Lipinski definition) is 3.